The number of carbonyl (C=O) groups is 1. The largest absolute Gasteiger partial charge is 0.445 e. The summed E-state index contributed by atoms with van der Waals surface area (Å²) < 4.78 is 44.1. The van der Waals surface area contributed by atoms with Crippen LogP contribution in [0.15, 0.2) is 48.5 Å². The molecule has 2 atom stereocenters. The average molecular weight is 417 g/mol. The fourth-order valence-corrected chi connectivity index (χ4v) is 3.90. The Morgan fingerprint density at radius 2 is 1.97 bits per heavy atom. The first-order valence-electron chi connectivity index (χ1n) is 9.92. The lowest BCUT2D eigenvalue weighted by atomic mass is 9.85. The van der Waals surface area contributed by atoms with E-state index in [0.717, 1.165) is 37.0 Å². The third-order valence-corrected chi connectivity index (χ3v) is 5.42. The fraction of sp³-hybridized carbons (Fsp3) is 0.364. The van der Waals surface area contributed by atoms with E-state index in [1.165, 1.54) is 6.07 Å². The van der Waals surface area contributed by atoms with E-state index in [-0.39, 0.29) is 18.6 Å². The second-order valence-electron chi connectivity index (χ2n) is 7.62. The van der Waals surface area contributed by atoms with Crippen LogP contribution in [0.25, 0.3) is 11.0 Å². The monoisotopic (exact) mass is 417 g/mol. The van der Waals surface area contributed by atoms with Crippen molar-refractivity contribution in [2.24, 2.45) is 0 Å². The highest BCUT2D eigenvalue weighted by Gasteiger charge is 2.31. The first kappa shape index (κ1) is 20.3. The lowest BCUT2D eigenvalue weighted by molar-refractivity contribution is -0.137. The molecule has 1 heterocycles. The first-order chi connectivity index (χ1) is 14.4. The van der Waals surface area contributed by atoms with Crippen LogP contribution < -0.4 is 5.32 Å². The molecule has 1 aromatic heterocycles. The van der Waals surface area contributed by atoms with Crippen molar-refractivity contribution in [2.75, 3.05) is 0 Å². The first-order valence-corrected chi connectivity index (χ1v) is 9.92. The number of alkyl carbamates (subject to hydrolysis) is 1. The summed E-state index contributed by atoms with van der Waals surface area (Å²) >= 11 is 0. The van der Waals surface area contributed by atoms with Crippen LogP contribution in [0.4, 0.5) is 18.0 Å². The third kappa shape index (κ3) is 4.75. The number of nitrogens with one attached hydrogen (secondary N) is 2. The Morgan fingerprint density at radius 3 is 2.73 bits per heavy atom. The van der Waals surface area contributed by atoms with Crippen LogP contribution in [0.5, 0.6) is 0 Å². The summed E-state index contributed by atoms with van der Waals surface area (Å²) in [5.74, 6) is 0.702. The molecule has 158 valence electrons. The van der Waals surface area contributed by atoms with Gasteiger partial charge >= 0.3 is 12.3 Å². The number of hydrogen-bond acceptors (Lipinski definition) is 3. The number of carbonyl (C=O) groups excluding carboxylic acids is 1. The summed E-state index contributed by atoms with van der Waals surface area (Å²) in [6.45, 7) is 0.202. The molecule has 1 amide bonds. The number of H-pyrrole nitrogens is 1. The number of ether oxygens (including phenoxy) is 1. The molecule has 0 bridgehead atoms. The van der Waals surface area contributed by atoms with Gasteiger partial charge in [-0.2, -0.15) is 13.2 Å². The van der Waals surface area contributed by atoms with Crippen molar-refractivity contribution in [1.82, 2.24) is 15.3 Å². The Kier molecular flexibility index (Phi) is 5.65. The zero-order valence-corrected chi connectivity index (χ0v) is 16.2. The SMILES string of the molecule is O=C(N[C@@H]1CCC[C@H](c2nc3ccc(C(F)(F)F)cc3[nH]2)C1)OCc1ccccc1. The molecule has 0 radical (unpaired) electrons. The minimum atomic E-state index is -4.39. The number of benzene rings is 2. The molecule has 2 aromatic carbocycles. The van der Waals surface area contributed by atoms with Gasteiger partial charge in [-0.25, -0.2) is 9.78 Å². The van der Waals surface area contributed by atoms with Gasteiger partial charge in [0.2, 0.25) is 0 Å². The van der Waals surface area contributed by atoms with Crippen molar-refractivity contribution in [3.8, 4) is 0 Å². The average Bonchev–Trinajstić information content (AvgIpc) is 3.16. The minimum absolute atomic E-state index is 0.0416. The molecule has 0 unspecified atom stereocenters. The molecule has 1 saturated carbocycles. The molecule has 2 N–H and O–H groups in total. The van der Waals surface area contributed by atoms with Gasteiger partial charge in [-0.05, 0) is 43.0 Å². The van der Waals surface area contributed by atoms with E-state index < -0.39 is 17.8 Å². The predicted molar refractivity (Wildman–Crippen MR) is 106 cm³/mol. The third-order valence-electron chi connectivity index (χ3n) is 5.42. The van der Waals surface area contributed by atoms with Gasteiger partial charge in [-0.15, -0.1) is 0 Å². The van der Waals surface area contributed by atoms with E-state index in [2.05, 4.69) is 15.3 Å². The lowest BCUT2D eigenvalue weighted by Gasteiger charge is -2.28. The maximum absolute atomic E-state index is 12.9. The number of imidazole rings is 1. The Balaban J connectivity index is 1.38. The molecular weight excluding hydrogens is 395 g/mol. The van der Waals surface area contributed by atoms with Crippen molar-refractivity contribution in [3.05, 3.63) is 65.5 Å². The van der Waals surface area contributed by atoms with E-state index in [1.54, 1.807) is 0 Å². The van der Waals surface area contributed by atoms with Crippen LogP contribution in [0.2, 0.25) is 0 Å². The van der Waals surface area contributed by atoms with Gasteiger partial charge in [0, 0.05) is 12.0 Å². The normalized spacial score (nSPS) is 19.6. The van der Waals surface area contributed by atoms with E-state index in [9.17, 15) is 18.0 Å². The van der Waals surface area contributed by atoms with Crippen LogP contribution >= 0.6 is 0 Å². The van der Waals surface area contributed by atoms with Crippen LogP contribution in [-0.4, -0.2) is 22.1 Å². The minimum Gasteiger partial charge on any atom is -0.445 e. The lowest BCUT2D eigenvalue weighted by Crippen LogP contribution is -2.38. The maximum atomic E-state index is 12.9. The summed E-state index contributed by atoms with van der Waals surface area (Å²) in [4.78, 5) is 19.7. The number of aromatic amines is 1. The van der Waals surface area contributed by atoms with Gasteiger partial charge in [-0.3, -0.25) is 0 Å². The smallest absolute Gasteiger partial charge is 0.416 e. The quantitative estimate of drug-likeness (QED) is 0.586. The van der Waals surface area contributed by atoms with E-state index in [1.807, 2.05) is 30.3 Å². The Morgan fingerprint density at radius 1 is 1.17 bits per heavy atom. The Hall–Kier alpha value is -3.03. The second kappa shape index (κ2) is 8.38. The summed E-state index contributed by atoms with van der Waals surface area (Å²) in [6, 6.07) is 12.9. The van der Waals surface area contributed by atoms with Crippen LogP contribution in [-0.2, 0) is 17.5 Å². The number of alkyl halides is 3. The van der Waals surface area contributed by atoms with Crippen molar-refractivity contribution >= 4 is 17.1 Å². The Bertz CT molecular complexity index is 1020. The van der Waals surface area contributed by atoms with Crippen molar-refractivity contribution in [3.63, 3.8) is 0 Å². The topological polar surface area (TPSA) is 67.0 Å². The number of amides is 1. The van der Waals surface area contributed by atoms with E-state index in [4.69, 9.17) is 4.74 Å². The number of hydrogen-bond donors (Lipinski definition) is 2. The molecule has 0 aliphatic heterocycles. The second-order valence-corrected chi connectivity index (χ2v) is 7.62. The number of aromatic nitrogens is 2. The summed E-state index contributed by atoms with van der Waals surface area (Å²) in [5, 5.41) is 2.90. The van der Waals surface area contributed by atoms with Gasteiger partial charge in [-0.1, -0.05) is 36.8 Å². The van der Waals surface area contributed by atoms with E-state index in [0.29, 0.717) is 23.3 Å². The number of halogens is 3. The molecule has 8 heteroatoms. The molecule has 4 rings (SSSR count). The van der Waals surface area contributed by atoms with Crippen molar-refractivity contribution in [1.29, 1.82) is 0 Å². The molecule has 1 fully saturated rings. The Labute approximate surface area is 171 Å². The summed E-state index contributed by atoms with van der Waals surface area (Å²) in [6.07, 6.45) is -1.62. The van der Waals surface area contributed by atoms with Gasteiger partial charge in [0.05, 0.1) is 16.6 Å². The zero-order chi connectivity index (χ0) is 21.1. The standard InChI is InChI=1S/C22H22F3N3O2/c23-22(24,25)16-9-10-18-19(12-16)28-20(27-18)15-7-4-8-17(11-15)26-21(29)30-13-14-5-2-1-3-6-14/h1-3,5-6,9-10,12,15,17H,4,7-8,11,13H2,(H,26,29)(H,27,28)/t15-,17+/m0/s1. The van der Waals surface area contributed by atoms with Crippen LogP contribution in [0, 0.1) is 0 Å². The maximum Gasteiger partial charge on any atom is 0.416 e. The highest BCUT2D eigenvalue weighted by atomic mass is 19.4. The van der Waals surface area contributed by atoms with Gasteiger partial charge in [0.25, 0.3) is 0 Å². The summed E-state index contributed by atoms with van der Waals surface area (Å²) in [5.41, 5.74) is 1.09. The molecular formula is C22H22F3N3O2. The molecule has 0 saturated heterocycles. The number of fused-ring (bicyclic) bond motifs is 1. The molecule has 1 aliphatic rings. The molecule has 30 heavy (non-hydrogen) atoms. The highest BCUT2D eigenvalue weighted by molar-refractivity contribution is 5.76. The summed E-state index contributed by atoms with van der Waals surface area (Å²) in [7, 11) is 0. The predicted octanol–water partition coefficient (Wildman–Crippen LogP) is 5.53. The van der Waals surface area contributed by atoms with Crippen LogP contribution in [0.1, 0.15) is 48.6 Å². The van der Waals surface area contributed by atoms with Crippen molar-refractivity contribution in [2.45, 2.75) is 50.4 Å². The van der Waals surface area contributed by atoms with Gasteiger partial charge < -0.3 is 15.0 Å². The van der Waals surface area contributed by atoms with Gasteiger partial charge in [0.1, 0.15) is 12.4 Å². The fourth-order valence-electron chi connectivity index (χ4n) is 3.90. The highest BCUT2D eigenvalue weighted by Crippen LogP contribution is 2.34. The molecule has 1 aliphatic carbocycles. The molecule has 5 nitrogen and oxygen atoms in total. The van der Waals surface area contributed by atoms with Gasteiger partial charge in [0.15, 0.2) is 0 Å². The molecule has 0 spiro atoms. The number of rotatable bonds is 4. The van der Waals surface area contributed by atoms with Crippen molar-refractivity contribution < 1.29 is 22.7 Å². The van der Waals surface area contributed by atoms with Crippen LogP contribution in [0.3, 0.4) is 0 Å². The molecule has 3 aromatic rings. The zero-order valence-electron chi connectivity index (χ0n) is 16.2. The van der Waals surface area contributed by atoms with E-state index >= 15 is 0 Å². The number of nitrogens with zero attached hydrogens (tertiary/aromatic N) is 1.